The summed E-state index contributed by atoms with van der Waals surface area (Å²) in [4.78, 5) is 40.1. The van der Waals surface area contributed by atoms with E-state index in [1.54, 1.807) is 34.6 Å². The highest BCUT2D eigenvalue weighted by Crippen LogP contribution is 2.40. The van der Waals surface area contributed by atoms with E-state index in [0.717, 1.165) is 0 Å². The van der Waals surface area contributed by atoms with Crippen LogP contribution in [-0.4, -0.2) is 60.0 Å². The molecule has 0 heterocycles. The SMILES string of the molecule is CN[C@H](C(=O)N[C@H](C(=O)N(C)[C@H](/C=C(\C)C(=O)O)C(C)C)C(C)(C)C)C(C)(C)c1cc(C(F)(F)F)cc(C(F)(F)F)c1. The fourth-order valence-electron chi connectivity index (χ4n) is 4.62. The molecule has 3 atom stereocenters. The molecule has 0 radical (unpaired) electrons. The molecule has 7 nitrogen and oxygen atoms in total. The van der Waals surface area contributed by atoms with E-state index in [9.17, 15) is 45.8 Å². The first-order valence-corrected chi connectivity index (χ1v) is 13.2. The third-order valence-electron chi connectivity index (χ3n) is 7.24. The van der Waals surface area contributed by atoms with E-state index in [1.165, 1.54) is 45.8 Å². The van der Waals surface area contributed by atoms with Gasteiger partial charge in [0.25, 0.3) is 0 Å². The third kappa shape index (κ3) is 8.95. The molecule has 0 spiro atoms. The largest absolute Gasteiger partial charge is 0.478 e. The van der Waals surface area contributed by atoms with Crippen LogP contribution in [0.5, 0.6) is 0 Å². The first-order valence-electron chi connectivity index (χ1n) is 13.2. The summed E-state index contributed by atoms with van der Waals surface area (Å²) >= 11 is 0. The zero-order valence-corrected chi connectivity index (χ0v) is 25.5. The molecule has 0 bridgehead atoms. The average Bonchev–Trinajstić information content (AvgIpc) is 2.82. The fourth-order valence-corrected chi connectivity index (χ4v) is 4.62. The molecule has 1 rings (SSSR count). The van der Waals surface area contributed by atoms with Gasteiger partial charge in [-0.1, -0.05) is 54.5 Å². The number of carboxylic acids is 1. The normalized spacial score (nSPS) is 15.7. The number of aliphatic carboxylic acids is 1. The number of nitrogens with zero attached hydrogens (tertiary/aromatic N) is 1. The first kappa shape index (κ1) is 36.9. The number of hydrogen-bond acceptors (Lipinski definition) is 4. The van der Waals surface area contributed by atoms with E-state index in [0.29, 0.717) is 12.1 Å². The summed E-state index contributed by atoms with van der Waals surface area (Å²) in [5.74, 6) is -2.76. The maximum absolute atomic E-state index is 13.7. The third-order valence-corrected chi connectivity index (χ3v) is 7.24. The lowest BCUT2D eigenvalue weighted by atomic mass is 9.75. The molecule has 0 aliphatic carbocycles. The van der Waals surface area contributed by atoms with Gasteiger partial charge in [-0.15, -0.1) is 0 Å². The Morgan fingerprint density at radius 2 is 1.29 bits per heavy atom. The summed E-state index contributed by atoms with van der Waals surface area (Å²) in [6.07, 6.45) is -8.71. The van der Waals surface area contributed by atoms with Crippen LogP contribution in [0.3, 0.4) is 0 Å². The van der Waals surface area contributed by atoms with Crippen LogP contribution >= 0.6 is 0 Å². The van der Waals surface area contributed by atoms with Crippen molar-refractivity contribution >= 4 is 17.8 Å². The monoisotopic (exact) mass is 609 g/mol. The van der Waals surface area contributed by atoms with Crippen LogP contribution in [0.25, 0.3) is 0 Å². The molecular weight excluding hydrogens is 568 g/mol. The maximum atomic E-state index is 13.7. The molecule has 2 amide bonds. The molecule has 1 aromatic carbocycles. The minimum Gasteiger partial charge on any atom is -0.478 e. The average molecular weight is 610 g/mol. The Morgan fingerprint density at radius 3 is 1.62 bits per heavy atom. The van der Waals surface area contributed by atoms with E-state index < -0.39 is 70.2 Å². The van der Waals surface area contributed by atoms with Crippen molar-refractivity contribution < 1.29 is 45.8 Å². The van der Waals surface area contributed by atoms with Crippen molar-refractivity contribution in [2.75, 3.05) is 14.1 Å². The lowest BCUT2D eigenvalue weighted by molar-refractivity contribution is -0.143. The summed E-state index contributed by atoms with van der Waals surface area (Å²) in [5.41, 5.74) is -5.89. The molecule has 238 valence electrons. The van der Waals surface area contributed by atoms with Gasteiger partial charge in [0, 0.05) is 18.0 Å². The Hall–Kier alpha value is -3.09. The number of carbonyl (C=O) groups excluding carboxylic acids is 2. The smallest absolute Gasteiger partial charge is 0.416 e. The van der Waals surface area contributed by atoms with Gasteiger partial charge in [0.15, 0.2) is 0 Å². The van der Waals surface area contributed by atoms with Crippen LogP contribution < -0.4 is 10.6 Å². The van der Waals surface area contributed by atoms with Crippen molar-refractivity contribution in [1.82, 2.24) is 15.5 Å². The lowest BCUT2D eigenvalue weighted by Gasteiger charge is -2.40. The second-order valence-corrected chi connectivity index (χ2v) is 12.4. The number of halogens is 6. The molecule has 0 aliphatic heterocycles. The van der Waals surface area contributed by atoms with Gasteiger partial charge < -0.3 is 20.6 Å². The lowest BCUT2D eigenvalue weighted by Crippen LogP contribution is -2.61. The molecule has 13 heteroatoms. The second kappa shape index (κ2) is 13.0. The second-order valence-electron chi connectivity index (χ2n) is 12.4. The van der Waals surface area contributed by atoms with Gasteiger partial charge >= 0.3 is 18.3 Å². The highest BCUT2D eigenvalue weighted by molar-refractivity contribution is 5.91. The quantitative estimate of drug-likeness (QED) is 0.236. The number of nitrogens with one attached hydrogen (secondary N) is 2. The van der Waals surface area contributed by atoms with Crippen LogP contribution in [0, 0.1) is 11.3 Å². The minimum absolute atomic E-state index is 0.0148. The molecule has 42 heavy (non-hydrogen) atoms. The molecule has 0 saturated heterocycles. The Labute approximate surface area is 242 Å². The van der Waals surface area contributed by atoms with Crippen LogP contribution in [0.15, 0.2) is 29.8 Å². The number of likely N-dealkylation sites (N-methyl/N-ethyl adjacent to an activating group) is 2. The minimum atomic E-state index is -5.07. The summed E-state index contributed by atoms with van der Waals surface area (Å²) in [5, 5.41) is 14.6. The predicted molar refractivity (Wildman–Crippen MR) is 146 cm³/mol. The zero-order valence-electron chi connectivity index (χ0n) is 25.5. The number of amides is 2. The molecule has 3 N–H and O–H groups in total. The van der Waals surface area contributed by atoms with Gasteiger partial charge in [0.05, 0.1) is 23.2 Å². The highest BCUT2D eigenvalue weighted by Gasteiger charge is 2.44. The molecule has 0 aliphatic rings. The summed E-state index contributed by atoms with van der Waals surface area (Å²) in [6.45, 7) is 12.6. The number of rotatable bonds is 10. The van der Waals surface area contributed by atoms with E-state index in [4.69, 9.17) is 0 Å². The number of carboxylic acid groups (broad SMARTS) is 1. The molecule has 1 aromatic rings. The number of carbonyl (C=O) groups is 3. The number of benzene rings is 1. The van der Waals surface area contributed by atoms with E-state index in [-0.39, 0.29) is 23.1 Å². The van der Waals surface area contributed by atoms with Gasteiger partial charge in [0.1, 0.15) is 6.04 Å². The number of alkyl halides is 6. The molecule has 0 aromatic heterocycles. The molecular formula is C29H41F6N3O4. The van der Waals surface area contributed by atoms with Crippen LogP contribution in [0.1, 0.15) is 72.1 Å². The van der Waals surface area contributed by atoms with Gasteiger partial charge in [0.2, 0.25) is 11.8 Å². The van der Waals surface area contributed by atoms with Crippen LogP contribution in [0.2, 0.25) is 0 Å². The van der Waals surface area contributed by atoms with E-state index >= 15 is 0 Å². The summed E-state index contributed by atoms with van der Waals surface area (Å²) < 4.78 is 81.2. The van der Waals surface area contributed by atoms with Gasteiger partial charge in [-0.25, -0.2) is 4.79 Å². The molecule has 0 unspecified atom stereocenters. The molecule has 0 fully saturated rings. The molecule has 0 saturated carbocycles. The first-order chi connectivity index (χ1) is 18.8. The van der Waals surface area contributed by atoms with E-state index in [1.807, 2.05) is 0 Å². The Balaban J connectivity index is 3.58. The topological polar surface area (TPSA) is 98.7 Å². The van der Waals surface area contributed by atoms with Crippen LogP contribution in [0.4, 0.5) is 26.3 Å². The van der Waals surface area contributed by atoms with Crippen molar-refractivity contribution in [3.8, 4) is 0 Å². The van der Waals surface area contributed by atoms with Crippen molar-refractivity contribution in [3.05, 3.63) is 46.5 Å². The fraction of sp³-hybridized carbons (Fsp3) is 0.621. The Kier molecular flexibility index (Phi) is 11.5. The van der Waals surface area contributed by atoms with Crippen LogP contribution in [-0.2, 0) is 32.2 Å². The van der Waals surface area contributed by atoms with Gasteiger partial charge in [-0.2, -0.15) is 26.3 Å². The Morgan fingerprint density at radius 1 is 0.857 bits per heavy atom. The van der Waals surface area contributed by atoms with Crippen molar-refractivity contribution in [1.29, 1.82) is 0 Å². The van der Waals surface area contributed by atoms with Gasteiger partial charge in [-0.3, -0.25) is 9.59 Å². The van der Waals surface area contributed by atoms with Gasteiger partial charge in [-0.05, 0) is 49.1 Å². The zero-order chi connectivity index (χ0) is 33.2. The van der Waals surface area contributed by atoms with E-state index in [2.05, 4.69) is 10.6 Å². The van der Waals surface area contributed by atoms with Crippen molar-refractivity contribution in [2.24, 2.45) is 11.3 Å². The standard InChI is InChI=1S/C29H41F6N3O4/c1-15(2)20(11-16(3)25(41)42)38(10)24(40)22(26(4,5)6)37-23(39)21(36-9)27(7,8)17-12-18(28(30,31)32)14-19(13-17)29(33,34)35/h11-15,20-22,36H,1-10H3,(H,37,39)(H,41,42)/b16-11+/t20-,21-,22-/m1/s1. The van der Waals surface area contributed by atoms with Crippen molar-refractivity contribution in [2.45, 2.75) is 91.3 Å². The number of hydrogen-bond donors (Lipinski definition) is 3. The Bertz CT molecular complexity index is 1150. The highest BCUT2D eigenvalue weighted by atomic mass is 19.4. The summed E-state index contributed by atoms with van der Waals surface area (Å²) in [7, 11) is 2.79. The summed E-state index contributed by atoms with van der Waals surface area (Å²) in [6, 6.07) is -2.02. The maximum Gasteiger partial charge on any atom is 0.416 e. The predicted octanol–water partition coefficient (Wildman–Crippen LogP) is 5.63. The van der Waals surface area contributed by atoms with Crippen molar-refractivity contribution in [3.63, 3.8) is 0 Å².